The summed E-state index contributed by atoms with van der Waals surface area (Å²) in [4.78, 5) is 28.3. The number of allylic oxidation sites excluding steroid dienone is 3. The first-order chi connectivity index (χ1) is 16.4. The number of halogens is 3. The van der Waals surface area contributed by atoms with Crippen LogP contribution in [0.15, 0.2) is 99.5 Å². The first-order valence-corrected chi connectivity index (χ1v) is 12.6. The summed E-state index contributed by atoms with van der Waals surface area (Å²) in [6.07, 6.45) is 4.16. The van der Waals surface area contributed by atoms with E-state index < -0.39 is 17.7 Å². The Morgan fingerprint density at radius 2 is 1.12 bits per heavy atom. The van der Waals surface area contributed by atoms with Crippen LogP contribution in [0.3, 0.4) is 0 Å². The number of carbonyl (C=O) groups excluding carboxylic acids is 2. The smallest absolute Gasteiger partial charge is 0.238 e. The van der Waals surface area contributed by atoms with Gasteiger partial charge in [-0.3, -0.25) is 9.59 Å². The zero-order chi connectivity index (χ0) is 23.6. The molecule has 168 valence electrons. The van der Waals surface area contributed by atoms with Crippen LogP contribution in [0.1, 0.15) is 11.1 Å². The Kier molecular flexibility index (Phi) is 5.19. The molecule has 2 amide bonds. The minimum atomic E-state index is -0.441. The molecule has 2 bridgehead atoms. The molecule has 2 fully saturated rings. The van der Waals surface area contributed by atoms with Crippen LogP contribution in [0, 0.1) is 29.5 Å². The van der Waals surface area contributed by atoms with Crippen molar-refractivity contribution in [2.45, 2.75) is 0 Å². The van der Waals surface area contributed by atoms with Gasteiger partial charge >= 0.3 is 0 Å². The molecule has 0 radical (unpaired) electrons. The van der Waals surface area contributed by atoms with E-state index in [4.69, 9.17) is 0 Å². The van der Waals surface area contributed by atoms with Crippen LogP contribution >= 0.6 is 31.9 Å². The lowest BCUT2D eigenvalue weighted by molar-refractivity contribution is -0.122. The second-order valence-electron chi connectivity index (χ2n) is 8.82. The number of imide groups is 1. The number of carbonyl (C=O) groups is 2. The molecule has 0 N–H and O–H groups in total. The number of rotatable bonds is 3. The third kappa shape index (κ3) is 3.27. The van der Waals surface area contributed by atoms with Crippen LogP contribution in [0.2, 0.25) is 0 Å². The molecule has 6 rings (SSSR count). The second-order valence-corrected chi connectivity index (χ2v) is 10.7. The van der Waals surface area contributed by atoms with Crippen molar-refractivity contribution in [1.82, 2.24) is 0 Å². The van der Waals surface area contributed by atoms with Crippen LogP contribution in [0.25, 0.3) is 5.57 Å². The first-order valence-electron chi connectivity index (χ1n) is 11.0. The largest absolute Gasteiger partial charge is 0.274 e. The van der Waals surface area contributed by atoms with E-state index in [0.29, 0.717) is 5.69 Å². The molecule has 34 heavy (non-hydrogen) atoms. The van der Waals surface area contributed by atoms with Gasteiger partial charge in [0, 0.05) is 20.8 Å². The van der Waals surface area contributed by atoms with Gasteiger partial charge in [0.25, 0.3) is 0 Å². The minimum absolute atomic E-state index is 0.154. The summed E-state index contributed by atoms with van der Waals surface area (Å²) < 4.78 is 15.4. The van der Waals surface area contributed by atoms with Gasteiger partial charge < -0.3 is 0 Å². The van der Waals surface area contributed by atoms with E-state index >= 15 is 0 Å². The van der Waals surface area contributed by atoms with Gasteiger partial charge in [0.1, 0.15) is 5.82 Å². The van der Waals surface area contributed by atoms with E-state index in [1.54, 1.807) is 0 Å². The molecule has 3 aliphatic rings. The fourth-order valence-electron chi connectivity index (χ4n) is 5.67. The molecule has 6 heteroatoms. The van der Waals surface area contributed by atoms with Gasteiger partial charge in [-0.25, -0.2) is 9.29 Å². The van der Waals surface area contributed by atoms with Crippen molar-refractivity contribution in [3.05, 3.63) is 116 Å². The maximum Gasteiger partial charge on any atom is 0.238 e. The average molecular weight is 579 g/mol. The molecular formula is C28H18Br2FNO2. The summed E-state index contributed by atoms with van der Waals surface area (Å²) in [5.74, 6) is -2.00. The van der Waals surface area contributed by atoms with Gasteiger partial charge in [0.2, 0.25) is 11.8 Å². The summed E-state index contributed by atoms with van der Waals surface area (Å²) in [6.45, 7) is 0. The monoisotopic (exact) mass is 577 g/mol. The summed E-state index contributed by atoms with van der Waals surface area (Å²) in [7, 11) is 0. The molecule has 1 saturated carbocycles. The molecule has 0 spiro atoms. The van der Waals surface area contributed by atoms with Gasteiger partial charge in [-0.2, -0.15) is 0 Å². The predicted molar refractivity (Wildman–Crippen MR) is 136 cm³/mol. The molecule has 1 aliphatic heterocycles. The van der Waals surface area contributed by atoms with Gasteiger partial charge in [-0.15, -0.1) is 0 Å². The third-order valence-corrected chi connectivity index (χ3v) is 8.11. The Balaban J connectivity index is 1.48. The Bertz CT molecular complexity index is 1300. The molecule has 0 aromatic heterocycles. The van der Waals surface area contributed by atoms with E-state index in [1.165, 1.54) is 29.2 Å². The van der Waals surface area contributed by atoms with Crippen LogP contribution in [-0.2, 0) is 9.59 Å². The van der Waals surface area contributed by atoms with Gasteiger partial charge in [-0.05, 0) is 70.8 Å². The SMILES string of the molecule is O=C1C2C3C=CC(C3=C(c3ccc(Br)cc3)c3ccc(Br)cc3)C2C(=O)N1c1ccc(F)cc1. The topological polar surface area (TPSA) is 37.4 Å². The molecule has 3 aromatic carbocycles. The quantitative estimate of drug-likeness (QED) is 0.254. The highest BCUT2D eigenvalue weighted by Gasteiger charge is 2.62. The van der Waals surface area contributed by atoms with Crippen molar-refractivity contribution in [2.24, 2.45) is 23.7 Å². The number of benzene rings is 3. The average Bonchev–Trinajstić information content (AvgIpc) is 3.47. The van der Waals surface area contributed by atoms with E-state index in [0.717, 1.165) is 31.2 Å². The lowest BCUT2D eigenvalue weighted by Crippen LogP contribution is -2.33. The minimum Gasteiger partial charge on any atom is -0.274 e. The summed E-state index contributed by atoms with van der Waals surface area (Å²) in [5, 5.41) is 0. The maximum absolute atomic E-state index is 13.5. The van der Waals surface area contributed by atoms with Crippen LogP contribution in [0.5, 0.6) is 0 Å². The highest BCUT2D eigenvalue weighted by molar-refractivity contribution is 9.10. The Morgan fingerprint density at radius 1 is 0.676 bits per heavy atom. The maximum atomic E-state index is 13.5. The highest BCUT2D eigenvalue weighted by Crippen LogP contribution is 2.58. The summed E-state index contributed by atoms with van der Waals surface area (Å²) in [5.41, 5.74) is 4.73. The van der Waals surface area contributed by atoms with E-state index in [-0.39, 0.29) is 23.7 Å². The van der Waals surface area contributed by atoms with Gasteiger partial charge in [-0.1, -0.05) is 68.3 Å². The number of hydrogen-bond donors (Lipinski definition) is 0. The van der Waals surface area contributed by atoms with E-state index in [2.05, 4.69) is 68.3 Å². The molecule has 2 aliphatic carbocycles. The molecule has 3 nitrogen and oxygen atoms in total. The number of nitrogens with zero attached hydrogens (tertiary/aromatic N) is 1. The van der Waals surface area contributed by atoms with Crippen molar-refractivity contribution < 1.29 is 14.0 Å². The zero-order valence-corrected chi connectivity index (χ0v) is 21.0. The summed E-state index contributed by atoms with van der Waals surface area (Å²) in [6, 6.07) is 21.8. The normalized spacial score (nSPS) is 24.8. The van der Waals surface area contributed by atoms with Gasteiger partial charge in [0.15, 0.2) is 0 Å². The molecule has 4 unspecified atom stereocenters. The fraction of sp³-hybridized carbons (Fsp3) is 0.143. The first kappa shape index (κ1) is 21.7. The van der Waals surface area contributed by atoms with E-state index in [9.17, 15) is 14.0 Å². The fourth-order valence-corrected chi connectivity index (χ4v) is 6.20. The van der Waals surface area contributed by atoms with Gasteiger partial charge in [0.05, 0.1) is 17.5 Å². The Morgan fingerprint density at radius 3 is 1.56 bits per heavy atom. The summed E-state index contributed by atoms with van der Waals surface area (Å²) >= 11 is 7.03. The lowest BCUT2D eigenvalue weighted by Gasteiger charge is -2.21. The lowest BCUT2D eigenvalue weighted by atomic mass is 9.85. The number of fused-ring (bicyclic) bond motifs is 5. The number of anilines is 1. The van der Waals surface area contributed by atoms with Crippen molar-refractivity contribution in [2.75, 3.05) is 4.90 Å². The molecule has 1 heterocycles. The van der Waals surface area contributed by atoms with Crippen molar-refractivity contribution in [1.29, 1.82) is 0 Å². The van der Waals surface area contributed by atoms with Crippen LogP contribution < -0.4 is 4.90 Å². The number of amides is 2. The van der Waals surface area contributed by atoms with Crippen LogP contribution in [-0.4, -0.2) is 11.8 Å². The van der Waals surface area contributed by atoms with Crippen molar-refractivity contribution in [3.63, 3.8) is 0 Å². The standard InChI is InChI=1S/C28H18Br2FNO2/c29-17-5-1-15(2-6-17)23(16-3-7-18(30)8-4-16)24-21-13-14-22(24)26-25(21)27(33)32(28(26)34)20-11-9-19(31)10-12-20/h1-14,21-22,25-26H. The second kappa shape index (κ2) is 8.14. The highest BCUT2D eigenvalue weighted by atomic mass is 79.9. The van der Waals surface area contributed by atoms with E-state index in [1.807, 2.05) is 24.3 Å². The third-order valence-electron chi connectivity index (χ3n) is 7.06. The van der Waals surface area contributed by atoms with Crippen molar-refractivity contribution in [3.8, 4) is 0 Å². The molecule has 3 aromatic rings. The Hall–Kier alpha value is -2.83. The molecular weight excluding hydrogens is 561 g/mol. The number of hydrogen-bond acceptors (Lipinski definition) is 2. The predicted octanol–water partition coefficient (Wildman–Crippen LogP) is 6.77. The Labute approximate surface area is 213 Å². The van der Waals surface area contributed by atoms with Crippen LogP contribution in [0.4, 0.5) is 10.1 Å². The zero-order valence-electron chi connectivity index (χ0n) is 17.8. The molecule has 1 saturated heterocycles. The molecule has 4 atom stereocenters. The van der Waals surface area contributed by atoms with Crippen molar-refractivity contribution >= 4 is 54.9 Å².